The van der Waals surface area contributed by atoms with Crippen LogP contribution in [0, 0.1) is 0 Å². The second-order valence-corrected chi connectivity index (χ2v) is 12.6. The van der Waals surface area contributed by atoms with Crippen molar-refractivity contribution < 1.29 is 9.53 Å². The Bertz CT molecular complexity index is 697. The maximum atomic E-state index is 11.2. The van der Waals surface area contributed by atoms with Gasteiger partial charge in [-0.1, -0.05) is 31.2 Å². The first kappa shape index (κ1) is 17.9. The second kappa shape index (κ2) is 7.42. The minimum atomic E-state index is -1.12. The number of hydrogen-bond donors (Lipinski definition) is 1. The molecule has 0 bridgehead atoms. The lowest BCUT2D eigenvalue weighted by molar-refractivity contribution is 0.0804. The number of aromatic nitrogens is 3. The molecule has 0 aliphatic heterocycles. The number of nitrogens with one attached hydrogen (secondary N) is 1. The van der Waals surface area contributed by atoms with E-state index in [4.69, 9.17) is 16.3 Å². The summed E-state index contributed by atoms with van der Waals surface area (Å²) in [4.78, 5) is 15.5. The Hall–Kier alpha value is -1.44. The monoisotopic (exact) mass is 354 g/mol. The van der Waals surface area contributed by atoms with E-state index in [0.29, 0.717) is 36.5 Å². The topological polar surface area (TPSA) is 69.0 Å². The van der Waals surface area contributed by atoms with Gasteiger partial charge in [0, 0.05) is 26.8 Å². The van der Waals surface area contributed by atoms with Gasteiger partial charge in [-0.3, -0.25) is 4.79 Å². The highest BCUT2D eigenvalue weighted by atomic mass is 35.5. The summed E-state index contributed by atoms with van der Waals surface area (Å²) in [6.45, 7) is 10.6. The summed E-state index contributed by atoms with van der Waals surface area (Å²) >= 11 is 6.00. The van der Waals surface area contributed by atoms with E-state index in [9.17, 15) is 4.79 Å². The summed E-state index contributed by atoms with van der Waals surface area (Å²) in [6, 6.07) is 2.62. The van der Waals surface area contributed by atoms with E-state index in [-0.39, 0.29) is 5.15 Å². The molecule has 126 valence electrons. The maximum absolute atomic E-state index is 11.2. The van der Waals surface area contributed by atoms with Crippen LogP contribution in [0.4, 0.5) is 5.82 Å². The fourth-order valence-corrected chi connectivity index (χ4v) is 3.10. The number of ether oxygens (including phenoxy) is 1. The number of halogens is 1. The lowest BCUT2D eigenvalue weighted by atomic mass is 10.2. The molecular weight excluding hydrogens is 332 g/mol. The molecule has 0 radical (unpaired) electrons. The largest absolute Gasteiger partial charge is 0.369 e. The maximum Gasteiger partial charge on any atom is 0.153 e. The normalized spacial score (nSPS) is 11.9. The van der Waals surface area contributed by atoms with Gasteiger partial charge >= 0.3 is 0 Å². The van der Waals surface area contributed by atoms with Crippen molar-refractivity contribution in [3.8, 4) is 0 Å². The number of nitrogens with zero attached hydrogens (tertiary/aromatic N) is 3. The lowest BCUT2D eigenvalue weighted by Gasteiger charge is -2.15. The third-order valence-corrected chi connectivity index (χ3v) is 5.27. The zero-order valence-electron chi connectivity index (χ0n) is 14.0. The quantitative estimate of drug-likeness (QED) is 0.339. The molecule has 1 N–H and O–H groups in total. The Morgan fingerprint density at radius 3 is 2.74 bits per heavy atom. The van der Waals surface area contributed by atoms with Crippen LogP contribution in [0.2, 0.25) is 30.8 Å². The van der Waals surface area contributed by atoms with Crippen molar-refractivity contribution >= 4 is 42.8 Å². The van der Waals surface area contributed by atoms with Gasteiger partial charge in [0.15, 0.2) is 12.1 Å². The van der Waals surface area contributed by atoms with Gasteiger partial charge in [0.05, 0.1) is 0 Å². The molecule has 2 aromatic heterocycles. The van der Waals surface area contributed by atoms with Gasteiger partial charge in [-0.2, -0.15) is 5.10 Å². The zero-order valence-corrected chi connectivity index (χ0v) is 15.8. The third-order valence-electron chi connectivity index (χ3n) is 3.38. The summed E-state index contributed by atoms with van der Waals surface area (Å²) in [5.74, 6) is 0.723. The van der Waals surface area contributed by atoms with E-state index in [2.05, 4.69) is 35.0 Å². The summed E-state index contributed by atoms with van der Waals surface area (Å²) in [7, 11) is -1.12. The van der Waals surface area contributed by atoms with Crippen LogP contribution in [0.1, 0.15) is 17.3 Å². The third kappa shape index (κ3) is 4.52. The van der Waals surface area contributed by atoms with Crippen LogP contribution in [-0.4, -0.2) is 42.3 Å². The number of carbonyl (C=O) groups excluding carboxylic acids is 1. The molecule has 6 nitrogen and oxygen atoms in total. The molecule has 2 aromatic rings. The molecule has 0 aromatic carbocycles. The van der Waals surface area contributed by atoms with Gasteiger partial charge in [-0.25, -0.2) is 9.67 Å². The molecule has 8 heteroatoms. The number of anilines is 1. The highest BCUT2D eigenvalue weighted by Gasteiger charge is 2.17. The van der Waals surface area contributed by atoms with Crippen molar-refractivity contribution in [3.05, 3.63) is 16.8 Å². The first-order chi connectivity index (χ1) is 10.9. The first-order valence-corrected chi connectivity index (χ1v) is 11.8. The fourth-order valence-electron chi connectivity index (χ4n) is 2.14. The van der Waals surface area contributed by atoms with Crippen LogP contribution in [0.5, 0.6) is 0 Å². The van der Waals surface area contributed by atoms with Gasteiger partial charge in [-0.05, 0) is 19.0 Å². The summed E-state index contributed by atoms with van der Waals surface area (Å²) < 4.78 is 7.47. The highest BCUT2D eigenvalue weighted by Crippen LogP contribution is 2.26. The molecule has 0 fully saturated rings. The molecule has 0 amide bonds. The minimum absolute atomic E-state index is 0.276. The second-order valence-electron chi connectivity index (χ2n) is 6.58. The average Bonchev–Trinajstić information content (AvgIpc) is 2.80. The molecule has 2 rings (SSSR count). The van der Waals surface area contributed by atoms with Gasteiger partial charge < -0.3 is 10.1 Å². The molecule has 0 unspecified atom stereocenters. The minimum Gasteiger partial charge on any atom is -0.369 e. The van der Waals surface area contributed by atoms with Crippen molar-refractivity contribution in [1.29, 1.82) is 0 Å². The SMILES string of the molecule is CCNc1c2nc(Cl)cc(C=O)c2nn1COCC[Si](C)(C)C. The van der Waals surface area contributed by atoms with Gasteiger partial charge in [0.25, 0.3) is 0 Å². The molecule has 0 atom stereocenters. The van der Waals surface area contributed by atoms with Crippen molar-refractivity contribution in [2.24, 2.45) is 0 Å². The van der Waals surface area contributed by atoms with E-state index in [1.54, 1.807) is 4.68 Å². The molecule has 23 heavy (non-hydrogen) atoms. The Morgan fingerprint density at radius 1 is 1.39 bits per heavy atom. The Morgan fingerprint density at radius 2 is 2.13 bits per heavy atom. The van der Waals surface area contributed by atoms with Gasteiger partial charge in [0.2, 0.25) is 0 Å². The summed E-state index contributed by atoms with van der Waals surface area (Å²) in [6.07, 6.45) is 0.745. The van der Waals surface area contributed by atoms with Crippen LogP contribution in [-0.2, 0) is 11.5 Å². The molecule has 0 aliphatic carbocycles. The Labute approximate surface area is 142 Å². The predicted molar refractivity (Wildman–Crippen MR) is 96.2 cm³/mol. The zero-order chi connectivity index (χ0) is 17.0. The lowest BCUT2D eigenvalue weighted by Crippen LogP contribution is -2.22. The van der Waals surface area contributed by atoms with E-state index in [1.165, 1.54) is 6.07 Å². The van der Waals surface area contributed by atoms with Crippen LogP contribution in [0.25, 0.3) is 11.0 Å². The van der Waals surface area contributed by atoms with E-state index >= 15 is 0 Å². The highest BCUT2D eigenvalue weighted by molar-refractivity contribution is 6.76. The molecule has 0 saturated heterocycles. The van der Waals surface area contributed by atoms with Crippen LogP contribution in [0.3, 0.4) is 0 Å². The number of rotatable bonds is 8. The summed E-state index contributed by atoms with van der Waals surface area (Å²) in [5, 5.41) is 7.97. The standard InChI is InChI=1S/C15H23ClN4O2Si/c1-5-17-15-14-13(11(9-21)8-12(16)18-14)19-20(15)10-22-6-7-23(2,3)4/h8-9,17H,5-7,10H2,1-4H3. The number of pyridine rings is 1. The number of hydrogen-bond acceptors (Lipinski definition) is 5. The Kier molecular flexibility index (Phi) is 5.77. The van der Waals surface area contributed by atoms with Crippen molar-refractivity contribution in [3.63, 3.8) is 0 Å². The number of aldehydes is 1. The fraction of sp³-hybridized carbons (Fsp3) is 0.533. The van der Waals surface area contributed by atoms with E-state index < -0.39 is 8.07 Å². The molecule has 0 spiro atoms. The first-order valence-electron chi connectivity index (χ1n) is 7.69. The molecular formula is C15H23ClN4O2Si. The van der Waals surface area contributed by atoms with Crippen molar-refractivity contribution in [1.82, 2.24) is 14.8 Å². The van der Waals surface area contributed by atoms with Crippen molar-refractivity contribution in [2.75, 3.05) is 18.5 Å². The number of carbonyl (C=O) groups is 1. The Balaban J connectivity index is 2.28. The molecule has 2 heterocycles. The summed E-state index contributed by atoms with van der Waals surface area (Å²) in [5.41, 5.74) is 1.56. The molecule has 0 saturated carbocycles. The predicted octanol–water partition coefficient (Wildman–Crippen LogP) is 3.64. The van der Waals surface area contributed by atoms with Crippen LogP contribution in [0.15, 0.2) is 6.07 Å². The van der Waals surface area contributed by atoms with E-state index in [1.807, 2.05) is 6.92 Å². The smallest absolute Gasteiger partial charge is 0.153 e. The van der Waals surface area contributed by atoms with Gasteiger partial charge in [0.1, 0.15) is 22.9 Å². The van der Waals surface area contributed by atoms with Crippen molar-refractivity contribution in [2.45, 2.75) is 39.3 Å². The van der Waals surface area contributed by atoms with Crippen LogP contribution < -0.4 is 5.32 Å². The number of fused-ring (bicyclic) bond motifs is 1. The molecule has 0 aliphatic rings. The van der Waals surface area contributed by atoms with Crippen LogP contribution >= 0.6 is 11.6 Å². The average molecular weight is 355 g/mol. The van der Waals surface area contributed by atoms with E-state index in [0.717, 1.165) is 18.1 Å². The van der Waals surface area contributed by atoms with Gasteiger partial charge in [-0.15, -0.1) is 0 Å².